The number of halogens is 1. The first-order valence-electron chi connectivity index (χ1n) is 8.05. The monoisotopic (exact) mass is 380 g/mol. The third-order valence-corrected chi connectivity index (χ3v) is 6.72. The van der Waals surface area contributed by atoms with Crippen molar-refractivity contribution in [3.05, 3.63) is 64.7 Å². The number of carbonyl (C=O) groups excluding carboxylic acids is 1. The minimum Gasteiger partial charge on any atom is -0.322 e. The zero-order valence-electron chi connectivity index (χ0n) is 13.6. The number of carbonyl (C=O) groups is 1. The van der Waals surface area contributed by atoms with Crippen molar-refractivity contribution >= 4 is 33.8 Å². The predicted molar refractivity (Wildman–Crippen MR) is 104 cm³/mol. The predicted octanol–water partition coefficient (Wildman–Crippen LogP) is 3.86. The molecule has 1 amide bonds. The van der Waals surface area contributed by atoms with E-state index in [-0.39, 0.29) is 11.2 Å². The van der Waals surface area contributed by atoms with Gasteiger partial charge < -0.3 is 10.6 Å². The lowest BCUT2D eigenvalue weighted by molar-refractivity contribution is 0.102. The molecule has 7 heteroatoms. The summed E-state index contributed by atoms with van der Waals surface area (Å²) in [5.41, 5.74) is 2.24. The van der Waals surface area contributed by atoms with Crippen LogP contribution in [0.15, 0.2) is 48.5 Å². The van der Waals surface area contributed by atoms with Gasteiger partial charge in [0.1, 0.15) is 0 Å². The highest BCUT2D eigenvalue weighted by molar-refractivity contribution is 8.24. The third-order valence-electron chi connectivity index (χ3n) is 4.27. The Balaban J connectivity index is 1.62. The average Bonchev–Trinajstić information content (AvgIpc) is 2.59. The van der Waals surface area contributed by atoms with Crippen molar-refractivity contribution in [2.45, 2.75) is 11.7 Å². The highest BCUT2D eigenvalue weighted by Gasteiger charge is 2.28. The van der Waals surface area contributed by atoms with Crippen LogP contribution in [0.1, 0.15) is 15.9 Å². The van der Waals surface area contributed by atoms with E-state index in [1.165, 1.54) is 0 Å². The van der Waals surface area contributed by atoms with Gasteiger partial charge in [-0.15, -0.1) is 0 Å². The van der Waals surface area contributed by atoms with E-state index in [1.807, 2.05) is 24.3 Å². The quantitative estimate of drug-likeness (QED) is 0.649. The number of nitrogens with one attached hydrogen (secondary N) is 2. The Bertz CT molecular complexity index is 735. The number of amides is 1. The smallest absolute Gasteiger partial charge is 0.255 e. The maximum absolute atomic E-state index is 12.2. The molecule has 0 aromatic heterocycles. The normalized spacial score (nSPS) is 20.7. The molecule has 4 N–H and O–H groups in total. The number of rotatable bonds is 4. The Labute approximate surface area is 153 Å². The molecule has 0 spiro atoms. The average molecular weight is 381 g/mol. The van der Waals surface area contributed by atoms with Gasteiger partial charge in [-0.05, 0) is 48.4 Å². The molecule has 1 heterocycles. The van der Waals surface area contributed by atoms with Crippen LogP contribution in [-0.4, -0.2) is 39.1 Å². The van der Waals surface area contributed by atoms with Gasteiger partial charge in [-0.2, -0.15) is 10.6 Å². The van der Waals surface area contributed by atoms with Crippen molar-refractivity contribution in [1.29, 1.82) is 0 Å². The van der Waals surface area contributed by atoms with Gasteiger partial charge in [-0.25, -0.2) is 0 Å². The molecule has 134 valence electrons. The lowest BCUT2D eigenvalue weighted by Crippen LogP contribution is -2.42. The SMILES string of the molecule is O=C(Nc1ccc(CC2CNCCS2(O)O)cc1)c1ccc(Cl)cc1. The molecule has 1 unspecified atom stereocenters. The van der Waals surface area contributed by atoms with Crippen molar-refractivity contribution in [3.63, 3.8) is 0 Å². The summed E-state index contributed by atoms with van der Waals surface area (Å²) in [5, 5.41) is 6.46. The summed E-state index contributed by atoms with van der Waals surface area (Å²) in [7, 11) is -2.53. The van der Waals surface area contributed by atoms with Crippen molar-refractivity contribution in [2.75, 3.05) is 24.2 Å². The number of hydrogen-bond donors (Lipinski definition) is 4. The van der Waals surface area contributed by atoms with E-state index in [0.29, 0.717) is 41.5 Å². The largest absolute Gasteiger partial charge is 0.322 e. The van der Waals surface area contributed by atoms with E-state index in [2.05, 4.69) is 10.6 Å². The van der Waals surface area contributed by atoms with E-state index in [9.17, 15) is 13.9 Å². The van der Waals surface area contributed by atoms with E-state index in [1.54, 1.807) is 24.3 Å². The van der Waals surface area contributed by atoms with Crippen LogP contribution >= 0.6 is 22.2 Å². The summed E-state index contributed by atoms with van der Waals surface area (Å²) in [6.07, 6.45) is 0.598. The molecule has 3 rings (SSSR count). The molecule has 1 fully saturated rings. The zero-order chi connectivity index (χ0) is 17.9. The van der Waals surface area contributed by atoms with Gasteiger partial charge in [0.15, 0.2) is 0 Å². The second kappa shape index (κ2) is 7.76. The first-order valence-corrected chi connectivity index (χ1v) is 10.2. The van der Waals surface area contributed by atoms with Crippen LogP contribution in [0.3, 0.4) is 0 Å². The van der Waals surface area contributed by atoms with E-state index < -0.39 is 10.6 Å². The molecule has 0 aliphatic carbocycles. The molecule has 2 aromatic carbocycles. The lowest BCUT2D eigenvalue weighted by Gasteiger charge is -2.44. The van der Waals surface area contributed by atoms with Gasteiger partial charge >= 0.3 is 0 Å². The van der Waals surface area contributed by atoms with Crippen molar-refractivity contribution in [3.8, 4) is 0 Å². The Morgan fingerprint density at radius 1 is 1.16 bits per heavy atom. The second-order valence-corrected chi connectivity index (χ2v) is 9.06. The Morgan fingerprint density at radius 3 is 2.48 bits per heavy atom. The molecular formula is C18H21ClN2O3S. The minimum atomic E-state index is -2.53. The number of anilines is 1. The molecule has 5 nitrogen and oxygen atoms in total. The van der Waals surface area contributed by atoms with Crippen LogP contribution in [0.4, 0.5) is 5.69 Å². The van der Waals surface area contributed by atoms with Gasteiger partial charge in [0.2, 0.25) is 0 Å². The summed E-state index contributed by atoms with van der Waals surface area (Å²) in [5.74, 6) is 0.211. The highest BCUT2D eigenvalue weighted by atomic mass is 35.5. The summed E-state index contributed by atoms with van der Waals surface area (Å²) >= 11 is 5.82. The molecule has 0 saturated carbocycles. The second-order valence-electron chi connectivity index (χ2n) is 6.11. The van der Waals surface area contributed by atoms with Crippen molar-refractivity contribution < 1.29 is 13.9 Å². The summed E-state index contributed by atoms with van der Waals surface area (Å²) in [6, 6.07) is 14.2. The fourth-order valence-electron chi connectivity index (χ4n) is 2.78. The first kappa shape index (κ1) is 18.2. The standard InChI is InChI=1S/C18H21ClN2O3S/c19-15-5-3-14(4-6-15)18(22)21-16-7-1-13(2-8-16)11-17-12-20-9-10-25(17,23)24/h1-8,17,20,23-24H,9-12H2,(H,21,22). The van der Waals surface area contributed by atoms with Crippen LogP contribution < -0.4 is 10.6 Å². The topological polar surface area (TPSA) is 81.6 Å². The van der Waals surface area contributed by atoms with Gasteiger partial charge in [-0.3, -0.25) is 13.9 Å². The molecule has 25 heavy (non-hydrogen) atoms. The van der Waals surface area contributed by atoms with Gasteiger partial charge in [0.05, 0.1) is 11.0 Å². The zero-order valence-corrected chi connectivity index (χ0v) is 15.2. The van der Waals surface area contributed by atoms with Gasteiger partial charge in [-0.1, -0.05) is 23.7 Å². The van der Waals surface area contributed by atoms with Gasteiger partial charge in [0, 0.05) is 29.4 Å². The number of hydrogen-bond acceptors (Lipinski definition) is 4. The van der Waals surface area contributed by atoms with Crippen molar-refractivity contribution in [1.82, 2.24) is 5.32 Å². The summed E-state index contributed by atoms with van der Waals surface area (Å²) in [6.45, 7) is 1.26. The van der Waals surface area contributed by atoms with Crippen LogP contribution in [-0.2, 0) is 6.42 Å². The molecule has 1 aliphatic heterocycles. The maximum atomic E-state index is 12.2. The van der Waals surface area contributed by atoms with Crippen LogP contribution in [0.5, 0.6) is 0 Å². The lowest BCUT2D eigenvalue weighted by atomic mass is 10.1. The highest BCUT2D eigenvalue weighted by Crippen LogP contribution is 2.46. The van der Waals surface area contributed by atoms with Gasteiger partial charge in [0.25, 0.3) is 5.91 Å². The third kappa shape index (κ3) is 4.74. The van der Waals surface area contributed by atoms with Crippen LogP contribution in [0.2, 0.25) is 5.02 Å². The van der Waals surface area contributed by atoms with E-state index in [4.69, 9.17) is 11.6 Å². The number of benzene rings is 2. The molecule has 1 saturated heterocycles. The van der Waals surface area contributed by atoms with Crippen LogP contribution in [0.25, 0.3) is 0 Å². The fourth-order valence-corrected chi connectivity index (χ4v) is 4.53. The summed E-state index contributed by atoms with van der Waals surface area (Å²) in [4.78, 5) is 12.2. The maximum Gasteiger partial charge on any atom is 0.255 e. The van der Waals surface area contributed by atoms with Crippen LogP contribution in [0, 0.1) is 0 Å². The molecule has 1 aliphatic rings. The first-order chi connectivity index (χ1) is 11.9. The summed E-state index contributed by atoms with van der Waals surface area (Å²) < 4.78 is 20.3. The Morgan fingerprint density at radius 2 is 1.84 bits per heavy atom. The Hall–Kier alpha value is -1.57. The molecule has 0 bridgehead atoms. The minimum absolute atomic E-state index is 0.171. The van der Waals surface area contributed by atoms with Crippen molar-refractivity contribution in [2.24, 2.45) is 0 Å². The molecule has 0 radical (unpaired) electrons. The van der Waals surface area contributed by atoms with E-state index >= 15 is 0 Å². The molecule has 2 aromatic rings. The molecular weight excluding hydrogens is 360 g/mol. The molecule has 1 atom stereocenters. The fraction of sp³-hybridized carbons (Fsp3) is 0.278. The Kier molecular flexibility index (Phi) is 5.66. The van der Waals surface area contributed by atoms with E-state index in [0.717, 1.165) is 5.56 Å².